The summed E-state index contributed by atoms with van der Waals surface area (Å²) in [6.45, 7) is 7.41. The zero-order chi connectivity index (χ0) is 29.4. The highest BCUT2D eigenvalue weighted by molar-refractivity contribution is 6.09. The van der Waals surface area contributed by atoms with E-state index in [1.165, 1.54) is 18.2 Å². The van der Waals surface area contributed by atoms with Crippen LogP contribution >= 0.6 is 0 Å². The molecular formula is C29H24F3N3O5. The van der Waals surface area contributed by atoms with E-state index in [2.05, 4.69) is 11.9 Å². The molecule has 0 aromatic heterocycles. The van der Waals surface area contributed by atoms with Crippen LogP contribution in [0.5, 0.6) is 17.2 Å². The molecule has 40 heavy (non-hydrogen) atoms. The minimum Gasteiger partial charge on any atom is -0.490 e. The number of alkyl halides is 3. The predicted octanol–water partition coefficient (Wildman–Crippen LogP) is 7.39. The first-order chi connectivity index (χ1) is 19.0. The number of aryl methyl sites for hydroxylation is 1. The standard InChI is InChI=1S/C29H24F3N3O5/c1-4-6-20-13-19(14-21(17-33)28(36)34-23-10-7-18(3)8-11-23)15-26(39-5-2)27(20)40-25-12-9-22(29(30,31)32)16-24(25)35(37)38/h4,7-16H,1,5-6H2,2-3H3,(H,34,36)/b21-14+. The maximum Gasteiger partial charge on any atom is 0.416 e. The minimum atomic E-state index is -4.79. The van der Waals surface area contributed by atoms with Crippen LogP contribution in [0.1, 0.15) is 29.2 Å². The van der Waals surface area contributed by atoms with Crippen LogP contribution in [0.3, 0.4) is 0 Å². The van der Waals surface area contributed by atoms with Crippen LogP contribution in [0.2, 0.25) is 0 Å². The summed E-state index contributed by atoms with van der Waals surface area (Å²) < 4.78 is 50.9. The first kappa shape index (κ1) is 29.4. The molecule has 8 nitrogen and oxygen atoms in total. The number of rotatable bonds is 10. The third kappa shape index (κ3) is 7.26. The average molecular weight is 552 g/mol. The summed E-state index contributed by atoms with van der Waals surface area (Å²) in [5.41, 5.74) is -0.0127. The summed E-state index contributed by atoms with van der Waals surface area (Å²) >= 11 is 0. The number of hydrogen-bond donors (Lipinski definition) is 1. The molecule has 0 spiro atoms. The molecule has 0 aliphatic rings. The maximum absolute atomic E-state index is 13.1. The third-order valence-electron chi connectivity index (χ3n) is 5.50. The van der Waals surface area contributed by atoms with Crippen molar-refractivity contribution in [2.24, 2.45) is 0 Å². The molecule has 1 amide bonds. The molecule has 0 aliphatic carbocycles. The van der Waals surface area contributed by atoms with E-state index in [1.807, 2.05) is 13.0 Å². The van der Waals surface area contributed by atoms with Crippen molar-refractivity contribution in [3.8, 4) is 23.3 Å². The SMILES string of the molecule is C=CCc1cc(/C=C(\C#N)C(=O)Nc2ccc(C)cc2)cc(OCC)c1Oc1ccc(C(F)(F)F)cc1[N+](=O)[O-]. The van der Waals surface area contributed by atoms with Crippen LogP contribution in [0.4, 0.5) is 24.5 Å². The second-order valence-corrected chi connectivity index (χ2v) is 8.46. The minimum absolute atomic E-state index is 0.0179. The maximum atomic E-state index is 13.1. The molecule has 0 saturated carbocycles. The summed E-state index contributed by atoms with van der Waals surface area (Å²) in [4.78, 5) is 23.3. The second-order valence-electron chi connectivity index (χ2n) is 8.46. The lowest BCUT2D eigenvalue weighted by Crippen LogP contribution is -2.13. The van der Waals surface area contributed by atoms with Gasteiger partial charge in [-0.15, -0.1) is 6.58 Å². The van der Waals surface area contributed by atoms with Gasteiger partial charge in [-0.1, -0.05) is 23.8 Å². The Kier molecular flexibility index (Phi) is 9.29. The Morgan fingerprint density at radius 2 is 1.85 bits per heavy atom. The van der Waals surface area contributed by atoms with E-state index in [-0.39, 0.29) is 30.1 Å². The van der Waals surface area contributed by atoms with Crippen LogP contribution in [0.25, 0.3) is 6.08 Å². The number of anilines is 1. The van der Waals surface area contributed by atoms with Crippen molar-refractivity contribution in [1.29, 1.82) is 5.26 Å². The van der Waals surface area contributed by atoms with E-state index < -0.39 is 34.0 Å². The van der Waals surface area contributed by atoms with Crippen molar-refractivity contribution in [2.45, 2.75) is 26.4 Å². The number of nitrogens with one attached hydrogen (secondary N) is 1. The molecule has 11 heteroatoms. The molecule has 3 aromatic rings. The fourth-order valence-corrected chi connectivity index (χ4v) is 3.64. The Labute approximate surface area is 228 Å². The van der Waals surface area contributed by atoms with Gasteiger partial charge in [0.15, 0.2) is 11.5 Å². The molecule has 0 atom stereocenters. The number of nitrogens with zero attached hydrogens (tertiary/aromatic N) is 2. The molecule has 1 N–H and O–H groups in total. The summed E-state index contributed by atoms with van der Waals surface area (Å²) in [6.07, 6.45) is -1.76. The van der Waals surface area contributed by atoms with Crippen LogP contribution in [-0.4, -0.2) is 17.4 Å². The number of halogens is 3. The van der Waals surface area contributed by atoms with E-state index >= 15 is 0 Å². The molecule has 0 fully saturated rings. The van der Waals surface area contributed by atoms with E-state index in [1.54, 1.807) is 37.3 Å². The molecule has 0 bridgehead atoms. The molecule has 0 saturated heterocycles. The van der Waals surface area contributed by atoms with Crippen LogP contribution in [0.15, 0.2) is 72.8 Å². The number of nitro benzene ring substituents is 1. The molecular weight excluding hydrogens is 527 g/mol. The highest BCUT2D eigenvalue weighted by Gasteiger charge is 2.33. The monoisotopic (exact) mass is 551 g/mol. The number of nitriles is 1. The smallest absolute Gasteiger partial charge is 0.416 e. The van der Waals surface area contributed by atoms with Gasteiger partial charge in [0.25, 0.3) is 5.91 Å². The van der Waals surface area contributed by atoms with Gasteiger partial charge in [-0.2, -0.15) is 18.4 Å². The number of amides is 1. The average Bonchev–Trinajstić information content (AvgIpc) is 2.90. The van der Waals surface area contributed by atoms with Crippen LogP contribution in [0, 0.1) is 28.4 Å². The highest BCUT2D eigenvalue weighted by Crippen LogP contribution is 2.42. The summed E-state index contributed by atoms with van der Waals surface area (Å²) in [5, 5.41) is 23.9. The van der Waals surface area contributed by atoms with Gasteiger partial charge in [0.1, 0.15) is 11.6 Å². The summed E-state index contributed by atoms with van der Waals surface area (Å²) in [6, 6.07) is 13.8. The second kappa shape index (κ2) is 12.6. The lowest BCUT2D eigenvalue weighted by molar-refractivity contribution is -0.385. The first-order valence-corrected chi connectivity index (χ1v) is 11.9. The number of allylic oxidation sites excluding steroid dienone is 1. The topological polar surface area (TPSA) is 114 Å². The van der Waals surface area contributed by atoms with Gasteiger partial charge in [-0.3, -0.25) is 14.9 Å². The Bertz CT molecular complexity index is 1510. The Morgan fingerprint density at radius 3 is 2.42 bits per heavy atom. The quantitative estimate of drug-likeness (QED) is 0.0924. The number of benzene rings is 3. The van der Waals surface area contributed by atoms with Gasteiger partial charge < -0.3 is 14.8 Å². The van der Waals surface area contributed by atoms with E-state index in [4.69, 9.17) is 9.47 Å². The Morgan fingerprint density at radius 1 is 1.15 bits per heavy atom. The van der Waals surface area contributed by atoms with Crippen molar-refractivity contribution >= 4 is 23.4 Å². The Balaban J connectivity index is 2.06. The Hall–Kier alpha value is -5.11. The first-order valence-electron chi connectivity index (χ1n) is 11.9. The number of ether oxygens (including phenoxy) is 2. The summed E-state index contributed by atoms with van der Waals surface area (Å²) in [7, 11) is 0. The third-order valence-corrected chi connectivity index (χ3v) is 5.50. The van der Waals surface area contributed by atoms with Crippen molar-refractivity contribution in [3.63, 3.8) is 0 Å². The normalized spacial score (nSPS) is 11.3. The number of hydrogen-bond acceptors (Lipinski definition) is 6. The van der Waals surface area contributed by atoms with Gasteiger partial charge in [-0.05, 0) is 68.3 Å². The van der Waals surface area contributed by atoms with Crippen LogP contribution in [-0.2, 0) is 17.4 Å². The van der Waals surface area contributed by atoms with E-state index in [0.29, 0.717) is 28.9 Å². The number of nitro groups is 1. The molecule has 0 radical (unpaired) electrons. The molecule has 3 rings (SSSR count). The number of carbonyl (C=O) groups excluding carboxylic acids is 1. The summed E-state index contributed by atoms with van der Waals surface area (Å²) in [5.74, 6) is -0.957. The van der Waals surface area contributed by atoms with Crippen molar-refractivity contribution in [3.05, 3.63) is 105 Å². The van der Waals surface area contributed by atoms with Gasteiger partial charge in [-0.25, -0.2) is 0 Å². The molecule has 3 aromatic carbocycles. The lowest BCUT2D eigenvalue weighted by atomic mass is 10.0. The number of carbonyl (C=O) groups is 1. The molecule has 0 unspecified atom stereocenters. The fraction of sp³-hybridized carbons (Fsp3) is 0.172. The molecule has 0 heterocycles. The van der Waals surface area contributed by atoms with Crippen molar-refractivity contribution in [2.75, 3.05) is 11.9 Å². The van der Waals surface area contributed by atoms with Crippen LogP contribution < -0.4 is 14.8 Å². The molecule has 0 aliphatic heterocycles. The zero-order valence-corrected chi connectivity index (χ0v) is 21.5. The van der Waals surface area contributed by atoms with Gasteiger partial charge in [0, 0.05) is 17.3 Å². The van der Waals surface area contributed by atoms with E-state index in [0.717, 1.165) is 11.6 Å². The van der Waals surface area contributed by atoms with Crippen molar-refractivity contribution < 1.29 is 32.4 Å². The van der Waals surface area contributed by atoms with Gasteiger partial charge >= 0.3 is 11.9 Å². The van der Waals surface area contributed by atoms with Gasteiger partial charge in [0.2, 0.25) is 5.75 Å². The lowest BCUT2D eigenvalue weighted by Gasteiger charge is -2.17. The van der Waals surface area contributed by atoms with Crippen molar-refractivity contribution in [1.82, 2.24) is 0 Å². The highest BCUT2D eigenvalue weighted by atomic mass is 19.4. The fourth-order valence-electron chi connectivity index (χ4n) is 3.64. The van der Waals surface area contributed by atoms with Gasteiger partial charge in [0.05, 0.1) is 17.1 Å². The molecule has 206 valence electrons. The van der Waals surface area contributed by atoms with E-state index in [9.17, 15) is 33.3 Å². The zero-order valence-electron chi connectivity index (χ0n) is 21.5. The predicted molar refractivity (Wildman–Crippen MR) is 143 cm³/mol. The largest absolute Gasteiger partial charge is 0.490 e.